The Kier molecular flexibility index (Phi) is 30.4. The van der Waals surface area contributed by atoms with Gasteiger partial charge in [0.15, 0.2) is 17.2 Å². The second kappa shape index (κ2) is 32.5. The maximum absolute atomic E-state index is 13.3. The van der Waals surface area contributed by atoms with Crippen molar-refractivity contribution in [1.29, 1.82) is 0 Å². The SMILES string of the molecule is CCCCCCCC/C=C\CCCCCCCC(=O)C(O)C(O)(C(O)C(=O)CCCCCCC/C=C\CCCCCCCC)C1O[C@H](CO)[C@H](O)[C@H](O)[C@H]1O. The predicted octanol–water partition coefficient (Wildman–Crippen LogP) is 7.49. The molecule has 322 valence electrons. The number of aliphatic hydroxyl groups excluding tert-OH is 6. The number of allylic oxidation sites excluding steroid dienone is 4. The molecule has 10 nitrogen and oxygen atoms in total. The zero-order valence-electron chi connectivity index (χ0n) is 34.7. The van der Waals surface area contributed by atoms with Crippen LogP contribution in [0.25, 0.3) is 0 Å². The Labute approximate surface area is 333 Å². The van der Waals surface area contributed by atoms with Gasteiger partial charge < -0.3 is 40.5 Å². The largest absolute Gasteiger partial charge is 0.394 e. The van der Waals surface area contributed by atoms with Gasteiger partial charge in [0, 0.05) is 12.8 Å². The molecule has 1 fully saturated rings. The van der Waals surface area contributed by atoms with E-state index in [1.807, 2.05) is 0 Å². The number of ether oxygens (including phenoxy) is 1. The highest BCUT2D eigenvalue weighted by Gasteiger charge is 2.61. The first-order valence-corrected chi connectivity index (χ1v) is 22.3. The van der Waals surface area contributed by atoms with Gasteiger partial charge in [-0.15, -0.1) is 0 Å². The van der Waals surface area contributed by atoms with Gasteiger partial charge in [0.1, 0.15) is 42.7 Å². The van der Waals surface area contributed by atoms with Crippen LogP contribution >= 0.6 is 0 Å². The Morgan fingerprint density at radius 3 is 1.20 bits per heavy atom. The minimum atomic E-state index is -3.04. The lowest BCUT2D eigenvalue weighted by Crippen LogP contribution is -2.73. The van der Waals surface area contributed by atoms with Crippen LogP contribution in [0.15, 0.2) is 24.3 Å². The summed E-state index contributed by atoms with van der Waals surface area (Å²) in [6.45, 7) is 3.62. The van der Waals surface area contributed by atoms with Gasteiger partial charge in [-0.2, -0.15) is 0 Å². The van der Waals surface area contributed by atoms with E-state index in [2.05, 4.69) is 38.2 Å². The van der Waals surface area contributed by atoms with Crippen molar-refractivity contribution in [1.82, 2.24) is 0 Å². The van der Waals surface area contributed by atoms with Gasteiger partial charge in [0.05, 0.1) is 6.61 Å². The minimum absolute atomic E-state index is 0.145. The van der Waals surface area contributed by atoms with Crippen molar-refractivity contribution in [2.24, 2.45) is 0 Å². The fourth-order valence-corrected chi connectivity index (χ4v) is 7.47. The van der Waals surface area contributed by atoms with Gasteiger partial charge in [0.25, 0.3) is 0 Å². The van der Waals surface area contributed by atoms with Crippen molar-refractivity contribution < 1.29 is 50.1 Å². The number of Topliss-reactive ketones (excluding diaryl/α,β-unsaturated/α-hetero) is 2. The third-order valence-electron chi connectivity index (χ3n) is 11.2. The normalized spacial score (nSPS) is 22.7. The molecule has 0 radical (unpaired) electrons. The average molecular weight is 783 g/mol. The number of carbonyl (C=O) groups excluding carboxylic acids is 2. The quantitative estimate of drug-likeness (QED) is 0.0248. The van der Waals surface area contributed by atoms with E-state index in [1.54, 1.807) is 0 Å². The van der Waals surface area contributed by atoms with Crippen LogP contribution in [-0.4, -0.2) is 102 Å². The molecule has 7 N–H and O–H groups in total. The molecule has 7 atom stereocenters. The van der Waals surface area contributed by atoms with E-state index in [9.17, 15) is 45.3 Å². The van der Waals surface area contributed by atoms with E-state index in [-0.39, 0.29) is 12.8 Å². The van der Waals surface area contributed by atoms with E-state index in [0.29, 0.717) is 25.7 Å². The molecule has 1 heterocycles. The van der Waals surface area contributed by atoms with Crippen LogP contribution in [0.4, 0.5) is 0 Å². The molecule has 1 aliphatic rings. The molecule has 0 saturated carbocycles. The molecular weight excluding hydrogens is 700 g/mol. The summed E-state index contributed by atoms with van der Waals surface area (Å²) in [7, 11) is 0. The average Bonchev–Trinajstić information content (AvgIpc) is 3.18. The van der Waals surface area contributed by atoms with E-state index >= 15 is 0 Å². The van der Waals surface area contributed by atoms with Crippen LogP contribution in [0, 0.1) is 0 Å². The number of hydrogen-bond acceptors (Lipinski definition) is 10. The first-order chi connectivity index (χ1) is 26.6. The van der Waals surface area contributed by atoms with Crippen LogP contribution in [-0.2, 0) is 14.3 Å². The molecule has 0 aromatic heterocycles. The van der Waals surface area contributed by atoms with Gasteiger partial charge in [-0.3, -0.25) is 9.59 Å². The highest BCUT2D eigenvalue weighted by atomic mass is 16.6. The lowest BCUT2D eigenvalue weighted by Gasteiger charge is -2.49. The number of hydrogen-bond donors (Lipinski definition) is 7. The molecule has 55 heavy (non-hydrogen) atoms. The molecule has 1 saturated heterocycles. The summed E-state index contributed by atoms with van der Waals surface area (Å²) < 4.78 is 5.50. The van der Waals surface area contributed by atoms with Crippen LogP contribution < -0.4 is 0 Å². The smallest absolute Gasteiger partial charge is 0.164 e. The van der Waals surface area contributed by atoms with Gasteiger partial charge >= 0.3 is 0 Å². The van der Waals surface area contributed by atoms with E-state index in [0.717, 1.165) is 64.2 Å². The summed E-state index contributed by atoms with van der Waals surface area (Å²) in [5.41, 5.74) is -3.04. The summed E-state index contributed by atoms with van der Waals surface area (Å²) in [5.74, 6) is -1.69. The van der Waals surface area contributed by atoms with Gasteiger partial charge in [0.2, 0.25) is 0 Å². The second-order valence-corrected chi connectivity index (χ2v) is 16.0. The van der Waals surface area contributed by atoms with Crippen LogP contribution in [0.3, 0.4) is 0 Å². The van der Waals surface area contributed by atoms with Crippen LogP contribution in [0.5, 0.6) is 0 Å². The first kappa shape index (κ1) is 51.5. The molecule has 1 rings (SSSR count). The maximum atomic E-state index is 13.3. The molecule has 0 amide bonds. The second-order valence-electron chi connectivity index (χ2n) is 16.0. The highest BCUT2D eigenvalue weighted by molar-refractivity contribution is 5.89. The molecule has 0 aromatic carbocycles. The van der Waals surface area contributed by atoms with Crippen molar-refractivity contribution in [2.75, 3.05) is 6.61 Å². The topological polar surface area (TPSA) is 185 Å². The molecule has 0 bridgehead atoms. The fraction of sp³-hybridized carbons (Fsp3) is 0.867. The van der Waals surface area contributed by atoms with Crippen molar-refractivity contribution >= 4 is 11.6 Å². The maximum Gasteiger partial charge on any atom is 0.164 e. The molecule has 0 aliphatic carbocycles. The molecule has 3 unspecified atom stereocenters. The molecule has 10 heteroatoms. The summed E-state index contributed by atoms with van der Waals surface area (Å²) in [6.07, 6.45) is 22.4. The zero-order chi connectivity index (χ0) is 40.7. The molecule has 1 aliphatic heterocycles. The predicted molar refractivity (Wildman–Crippen MR) is 220 cm³/mol. The Bertz CT molecular complexity index is 956. The van der Waals surface area contributed by atoms with E-state index in [1.165, 1.54) is 77.0 Å². The van der Waals surface area contributed by atoms with E-state index < -0.39 is 66.5 Å². The van der Waals surface area contributed by atoms with Gasteiger partial charge in [-0.25, -0.2) is 0 Å². The third kappa shape index (κ3) is 20.7. The zero-order valence-corrected chi connectivity index (χ0v) is 34.7. The van der Waals surface area contributed by atoms with Crippen molar-refractivity contribution in [2.45, 2.75) is 242 Å². The summed E-state index contributed by atoms with van der Waals surface area (Å²) in [6, 6.07) is 0. The van der Waals surface area contributed by atoms with Gasteiger partial charge in [-0.05, 0) is 64.2 Å². The van der Waals surface area contributed by atoms with E-state index in [4.69, 9.17) is 4.74 Å². The van der Waals surface area contributed by atoms with Gasteiger partial charge in [-0.1, -0.05) is 141 Å². The Hall–Kier alpha value is -1.50. The highest BCUT2D eigenvalue weighted by Crippen LogP contribution is 2.35. The Balaban J connectivity index is 2.60. The number of ketones is 2. The summed E-state index contributed by atoms with van der Waals surface area (Å²) in [4.78, 5) is 26.5. The summed E-state index contributed by atoms with van der Waals surface area (Å²) in [5, 5.41) is 75.6. The summed E-state index contributed by atoms with van der Waals surface area (Å²) >= 11 is 0. The van der Waals surface area contributed by atoms with Crippen molar-refractivity contribution in [3.05, 3.63) is 24.3 Å². The van der Waals surface area contributed by atoms with Crippen LogP contribution in [0.2, 0.25) is 0 Å². The number of aliphatic hydroxyl groups is 7. The molecule has 0 spiro atoms. The van der Waals surface area contributed by atoms with Crippen LogP contribution in [0.1, 0.15) is 194 Å². The van der Waals surface area contributed by atoms with Crippen molar-refractivity contribution in [3.63, 3.8) is 0 Å². The number of carbonyl (C=O) groups is 2. The molecule has 0 aromatic rings. The fourth-order valence-electron chi connectivity index (χ4n) is 7.47. The number of rotatable bonds is 36. The Morgan fingerprint density at radius 2 is 0.855 bits per heavy atom. The minimum Gasteiger partial charge on any atom is -0.394 e. The van der Waals surface area contributed by atoms with Crippen molar-refractivity contribution in [3.8, 4) is 0 Å². The number of unbranched alkanes of at least 4 members (excludes halogenated alkanes) is 22. The third-order valence-corrected chi connectivity index (χ3v) is 11.2. The molecular formula is C45H82O10. The first-order valence-electron chi connectivity index (χ1n) is 22.3. The lowest BCUT2D eigenvalue weighted by molar-refractivity contribution is -0.296. The standard InChI is InChI=1S/C45H82O10/c1-3-5-7-9-11-13-15-17-19-21-23-25-27-29-31-33-36(47)42(52)45(54,44-41(51)40(50)39(49)38(35-46)55-44)43(53)37(48)34-32-30-28-26-24-22-20-18-16-14-12-10-8-6-4-2/h17-20,38-44,46,49-54H,3-16,21-35H2,1-2H3/b19-17-,20-18-/t38-,39+,40+,41-,42?,43?,44?,45?/m1/s1. The monoisotopic (exact) mass is 783 g/mol. The Morgan fingerprint density at radius 1 is 0.527 bits per heavy atom. The lowest BCUT2D eigenvalue weighted by atomic mass is 9.74.